The Morgan fingerprint density at radius 3 is 2.19 bits per heavy atom. The summed E-state index contributed by atoms with van der Waals surface area (Å²) in [6.45, 7) is 0. The predicted molar refractivity (Wildman–Crippen MR) is 87.8 cm³/mol. The third-order valence-corrected chi connectivity index (χ3v) is 4.89. The number of aliphatic hydroxyl groups is 1. The number of benzene rings is 2. The van der Waals surface area contributed by atoms with Gasteiger partial charge in [0, 0.05) is 11.4 Å². The van der Waals surface area contributed by atoms with Crippen LogP contribution in [0.25, 0.3) is 0 Å². The van der Waals surface area contributed by atoms with Crippen molar-refractivity contribution in [1.82, 2.24) is 0 Å². The van der Waals surface area contributed by atoms with Crippen LogP contribution in [0.1, 0.15) is 42.7 Å². The molecule has 0 unspecified atom stereocenters. The van der Waals surface area contributed by atoms with Gasteiger partial charge in [-0.3, -0.25) is 0 Å². The van der Waals surface area contributed by atoms with Gasteiger partial charge in [0.2, 0.25) is 0 Å². The van der Waals surface area contributed by atoms with Crippen molar-refractivity contribution < 1.29 is 5.11 Å². The van der Waals surface area contributed by atoms with Crippen molar-refractivity contribution in [3.63, 3.8) is 0 Å². The van der Waals surface area contributed by atoms with Crippen LogP contribution < -0.4 is 0 Å². The second-order valence-electron chi connectivity index (χ2n) is 6.21. The van der Waals surface area contributed by atoms with Gasteiger partial charge in [0.25, 0.3) is 0 Å². The van der Waals surface area contributed by atoms with E-state index in [2.05, 4.69) is 30.3 Å². The zero-order chi connectivity index (χ0) is 14.7. The zero-order valence-electron chi connectivity index (χ0n) is 12.1. The second-order valence-corrected chi connectivity index (χ2v) is 6.65. The lowest BCUT2D eigenvalue weighted by molar-refractivity contribution is -0.000455. The Morgan fingerprint density at radius 2 is 1.57 bits per heavy atom. The van der Waals surface area contributed by atoms with Gasteiger partial charge in [0.1, 0.15) is 0 Å². The van der Waals surface area contributed by atoms with E-state index < -0.39 is 5.60 Å². The van der Waals surface area contributed by atoms with Crippen molar-refractivity contribution in [2.75, 3.05) is 0 Å². The van der Waals surface area contributed by atoms with Crippen LogP contribution in [0.2, 0.25) is 5.02 Å². The van der Waals surface area contributed by atoms with E-state index in [0.717, 1.165) is 37.1 Å². The maximum absolute atomic E-state index is 10.8. The molecule has 1 fully saturated rings. The molecular weight excluding hydrogens is 280 g/mol. The summed E-state index contributed by atoms with van der Waals surface area (Å²) in [7, 11) is 0. The Balaban J connectivity index is 1.62. The van der Waals surface area contributed by atoms with Gasteiger partial charge < -0.3 is 5.11 Å². The molecule has 0 bridgehead atoms. The smallest absolute Gasteiger partial charge is 0.0688 e. The summed E-state index contributed by atoms with van der Waals surface area (Å²) < 4.78 is 0. The first kappa shape index (κ1) is 14.6. The first-order chi connectivity index (χ1) is 10.1. The predicted octanol–water partition coefficient (Wildman–Crippen LogP) is 4.97. The van der Waals surface area contributed by atoms with Crippen molar-refractivity contribution >= 4 is 11.6 Å². The van der Waals surface area contributed by atoms with Gasteiger partial charge >= 0.3 is 0 Å². The maximum atomic E-state index is 10.8. The third kappa shape index (κ3) is 3.66. The molecule has 2 aromatic carbocycles. The Hall–Kier alpha value is -1.31. The number of rotatable bonds is 3. The monoisotopic (exact) mass is 300 g/mol. The molecule has 1 aliphatic rings. The second kappa shape index (κ2) is 6.21. The Morgan fingerprint density at radius 1 is 0.952 bits per heavy atom. The fraction of sp³-hybridized carbons (Fsp3) is 0.368. The molecule has 0 radical (unpaired) electrons. The topological polar surface area (TPSA) is 20.2 Å². The van der Waals surface area contributed by atoms with Crippen molar-refractivity contribution in [3.05, 3.63) is 70.7 Å². The molecule has 3 rings (SSSR count). The molecule has 1 aliphatic carbocycles. The standard InChI is InChI=1S/C19H21ClO/c20-18-8-6-15(7-9-18)14-19(21)12-10-17(11-13-19)16-4-2-1-3-5-16/h1-9,17,21H,10-14H2. The highest BCUT2D eigenvalue weighted by molar-refractivity contribution is 6.30. The van der Waals surface area contributed by atoms with Gasteiger partial charge in [-0.2, -0.15) is 0 Å². The van der Waals surface area contributed by atoms with Crippen LogP contribution in [-0.2, 0) is 6.42 Å². The lowest BCUT2D eigenvalue weighted by atomic mass is 9.74. The molecule has 1 nitrogen and oxygen atoms in total. The van der Waals surface area contributed by atoms with Crippen LogP contribution in [0.3, 0.4) is 0 Å². The number of halogens is 1. The van der Waals surface area contributed by atoms with Crippen molar-refractivity contribution in [1.29, 1.82) is 0 Å². The average Bonchev–Trinajstić information content (AvgIpc) is 2.51. The fourth-order valence-electron chi connectivity index (χ4n) is 3.37. The van der Waals surface area contributed by atoms with Gasteiger partial charge in [-0.15, -0.1) is 0 Å². The highest BCUT2D eigenvalue weighted by Crippen LogP contribution is 2.39. The van der Waals surface area contributed by atoms with Gasteiger partial charge in [-0.1, -0.05) is 54.1 Å². The maximum Gasteiger partial charge on any atom is 0.0688 e. The molecule has 110 valence electrons. The summed E-state index contributed by atoms with van der Waals surface area (Å²) in [5.41, 5.74) is 2.02. The minimum absolute atomic E-state index is 0.556. The van der Waals surface area contributed by atoms with E-state index in [1.165, 1.54) is 11.1 Å². The summed E-state index contributed by atoms with van der Waals surface area (Å²) in [6.07, 6.45) is 4.60. The molecule has 0 saturated heterocycles. The highest BCUT2D eigenvalue weighted by atomic mass is 35.5. The quantitative estimate of drug-likeness (QED) is 0.848. The minimum Gasteiger partial charge on any atom is -0.390 e. The van der Waals surface area contributed by atoms with E-state index in [9.17, 15) is 5.11 Å². The molecule has 21 heavy (non-hydrogen) atoms. The summed E-state index contributed by atoms with van der Waals surface area (Å²) in [6, 6.07) is 18.5. The zero-order valence-corrected chi connectivity index (χ0v) is 12.9. The molecule has 1 N–H and O–H groups in total. The molecule has 0 heterocycles. The molecule has 0 aliphatic heterocycles. The number of hydrogen-bond donors (Lipinski definition) is 1. The van der Waals surface area contributed by atoms with E-state index in [1.54, 1.807) is 0 Å². The Labute approximate surface area is 131 Å². The third-order valence-electron chi connectivity index (χ3n) is 4.63. The number of hydrogen-bond acceptors (Lipinski definition) is 1. The van der Waals surface area contributed by atoms with Crippen LogP contribution >= 0.6 is 11.6 Å². The van der Waals surface area contributed by atoms with Gasteiger partial charge in [0.15, 0.2) is 0 Å². The Bertz CT molecular complexity index is 568. The lowest BCUT2D eigenvalue weighted by Gasteiger charge is -2.36. The van der Waals surface area contributed by atoms with Crippen molar-refractivity contribution in [2.45, 2.75) is 43.6 Å². The molecule has 2 aromatic rings. The van der Waals surface area contributed by atoms with Crippen LogP contribution in [0.15, 0.2) is 54.6 Å². The van der Waals surface area contributed by atoms with Crippen molar-refractivity contribution in [2.24, 2.45) is 0 Å². The van der Waals surface area contributed by atoms with Gasteiger partial charge in [-0.25, -0.2) is 0 Å². The largest absolute Gasteiger partial charge is 0.390 e. The normalized spacial score (nSPS) is 25.7. The summed E-state index contributed by atoms with van der Waals surface area (Å²) in [5, 5.41) is 11.6. The summed E-state index contributed by atoms with van der Waals surface area (Å²) in [5.74, 6) is 0.594. The van der Waals surface area contributed by atoms with E-state index >= 15 is 0 Å². The first-order valence-electron chi connectivity index (χ1n) is 7.66. The molecule has 0 aromatic heterocycles. The van der Waals surface area contributed by atoms with Crippen LogP contribution in [-0.4, -0.2) is 10.7 Å². The molecule has 0 spiro atoms. The van der Waals surface area contributed by atoms with Crippen LogP contribution in [0.4, 0.5) is 0 Å². The first-order valence-corrected chi connectivity index (χ1v) is 8.04. The Kier molecular flexibility index (Phi) is 4.32. The minimum atomic E-state index is -0.556. The van der Waals surface area contributed by atoms with E-state index in [0.29, 0.717) is 5.92 Å². The van der Waals surface area contributed by atoms with E-state index in [-0.39, 0.29) is 0 Å². The molecule has 0 atom stereocenters. The highest BCUT2D eigenvalue weighted by Gasteiger charge is 2.33. The van der Waals surface area contributed by atoms with E-state index in [1.807, 2.05) is 24.3 Å². The molecule has 0 amide bonds. The average molecular weight is 301 g/mol. The molecule has 1 saturated carbocycles. The summed E-state index contributed by atoms with van der Waals surface area (Å²) >= 11 is 5.91. The molecule has 2 heteroatoms. The van der Waals surface area contributed by atoms with Crippen LogP contribution in [0.5, 0.6) is 0 Å². The van der Waals surface area contributed by atoms with Crippen molar-refractivity contribution in [3.8, 4) is 0 Å². The molecular formula is C19H21ClO. The van der Waals surface area contributed by atoms with Gasteiger partial charge in [0.05, 0.1) is 5.60 Å². The SMILES string of the molecule is OC1(Cc2ccc(Cl)cc2)CCC(c2ccccc2)CC1. The fourth-order valence-corrected chi connectivity index (χ4v) is 3.50. The van der Waals surface area contributed by atoms with Gasteiger partial charge in [-0.05, 0) is 54.9 Å². The lowest BCUT2D eigenvalue weighted by Crippen LogP contribution is -2.35. The van der Waals surface area contributed by atoms with Crippen LogP contribution in [0, 0.1) is 0 Å². The summed E-state index contributed by atoms with van der Waals surface area (Å²) in [4.78, 5) is 0. The van der Waals surface area contributed by atoms with E-state index in [4.69, 9.17) is 11.6 Å².